The molecule has 1 N–H and O–H groups in total. The average Bonchev–Trinajstić information content (AvgIpc) is 2.96. The van der Waals surface area contributed by atoms with E-state index in [-0.39, 0.29) is 17.4 Å². The first-order valence-corrected chi connectivity index (χ1v) is 10.1. The Kier molecular flexibility index (Phi) is 6.26. The summed E-state index contributed by atoms with van der Waals surface area (Å²) in [6.07, 6.45) is 2.32. The zero-order chi connectivity index (χ0) is 21.0. The monoisotopic (exact) mass is 394 g/mol. The molecule has 0 bridgehead atoms. The highest BCUT2D eigenvalue weighted by molar-refractivity contribution is 6.04. The molecule has 5 heteroatoms. The predicted octanol–water partition coefficient (Wildman–Crippen LogP) is 4.44. The number of nitrogens with one attached hydrogen (secondary N) is 1. The third-order valence-corrected chi connectivity index (χ3v) is 5.38. The van der Waals surface area contributed by atoms with Crippen LogP contribution in [0.25, 0.3) is 0 Å². The van der Waals surface area contributed by atoms with Crippen LogP contribution in [0.2, 0.25) is 0 Å². The van der Waals surface area contributed by atoms with Crippen LogP contribution in [0.5, 0.6) is 5.75 Å². The number of rotatable bonds is 7. The zero-order valence-corrected chi connectivity index (χ0v) is 17.7. The van der Waals surface area contributed by atoms with Crippen LogP contribution in [0.3, 0.4) is 0 Å². The van der Waals surface area contributed by atoms with Crippen molar-refractivity contribution in [3.05, 3.63) is 65.2 Å². The van der Waals surface area contributed by atoms with Gasteiger partial charge in [-0.3, -0.25) is 9.69 Å². The molecule has 1 saturated heterocycles. The first-order valence-electron chi connectivity index (χ1n) is 10.1. The van der Waals surface area contributed by atoms with Crippen molar-refractivity contribution in [1.82, 2.24) is 10.2 Å². The van der Waals surface area contributed by atoms with Crippen molar-refractivity contribution in [2.24, 2.45) is 0 Å². The van der Waals surface area contributed by atoms with Crippen LogP contribution in [0.4, 0.5) is 4.79 Å². The fraction of sp³-hybridized carbons (Fsp3) is 0.417. The van der Waals surface area contributed by atoms with Crippen LogP contribution in [-0.2, 0) is 23.2 Å². The molecular formula is C24H30N2O3. The van der Waals surface area contributed by atoms with E-state index >= 15 is 0 Å². The zero-order valence-electron chi connectivity index (χ0n) is 17.7. The normalized spacial score (nSPS) is 16.8. The number of carbonyl (C=O) groups excluding carboxylic acids is 2. The van der Waals surface area contributed by atoms with Gasteiger partial charge in [0.15, 0.2) is 0 Å². The topological polar surface area (TPSA) is 58.6 Å². The minimum absolute atomic E-state index is 0.0777. The van der Waals surface area contributed by atoms with Gasteiger partial charge < -0.3 is 10.1 Å². The SMILES string of the molecule is COc1ccc(CCCC2NC(=O)N(Cc3ccc(C(C)(C)C)cc3)C2=O)cc1. The van der Waals surface area contributed by atoms with Gasteiger partial charge in [0.25, 0.3) is 5.91 Å². The molecule has 0 radical (unpaired) electrons. The van der Waals surface area contributed by atoms with E-state index in [0.29, 0.717) is 13.0 Å². The summed E-state index contributed by atoms with van der Waals surface area (Å²) < 4.78 is 5.17. The fourth-order valence-electron chi connectivity index (χ4n) is 3.52. The van der Waals surface area contributed by atoms with E-state index in [1.54, 1.807) is 7.11 Å². The average molecular weight is 395 g/mol. The smallest absolute Gasteiger partial charge is 0.325 e. The summed E-state index contributed by atoms with van der Waals surface area (Å²) in [5.41, 5.74) is 3.46. The number of hydrogen-bond acceptors (Lipinski definition) is 3. The van der Waals surface area contributed by atoms with Crippen LogP contribution in [-0.4, -0.2) is 30.0 Å². The van der Waals surface area contributed by atoms with E-state index in [4.69, 9.17) is 4.74 Å². The Morgan fingerprint density at radius 3 is 2.17 bits per heavy atom. The number of hydrogen-bond donors (Lipinski definition) is 1. The summed E-state index contributed by atoms with van der Waals surface area (Å²) in [7, 11) is 1.65. The summed E-state index contributed by atoms with van der Waals surface area (Å²) in [5.74, 6) is 0.697. The number of imide groups is 1. The Labute approximate surface area is 173 Å². The molecule has 1 heterocycles. The summed E-state index contributed by atoms with van der Waals surface area (Å²) >= 11 is 0. The molecule has 154 valence electrons. The fourth-order valence-corrected chi connectivity index (χ4v) is 3.52. The number of aryl methyl sites for hydroxylation is 1. The van der Waals surface area contributed by atoms with Gasteiger partial charge in [-0.25, -0.2) is 4.79 Å². The summed E-state index contributed by atoms with van der Waals surface area (Å²) in [5, 5.41) is 2.83. The molecule has 5 nitrogen and oxygen atoms in total. The standard InChI is InChI=1S/C24H30N2O3/c1-24(2,3)19-12-8-18(9-13-19)16-26-22(27)21(25-23(26)28)7-5-6-17-10-14-20(29-4)15-11-17/h8-15,21H,5-7,16H2,1-4H3,(H,25,28). The van der Waals surface area contributed by atoms with Crippen LogP contribution in [0, 0.1) is 0 Å². The summed E-state index contributed by atoms with van der Waals surface area (Å²) in [6, 6.07) is 15.3. The summed E-state index contributed by atoms with van der Waals surface area (Å²) in [4.78, 5) is 26.3. The van der Waals surface area contributed by atoms with Crippen LogP contribution >= 0.6 is 0 Å². The number of methoxy groups -OCH3 is 1. The second kappa shape index (κ2) is 8.68. The molecule has 1 fully saturated rings. The first-order chi connectivity index (χ1) is 13.8. The largest absolute Gasteiger partial charge is 0.497 e. The van der Waals surface area contributed by atoms with Crippen LogP contribution in [0.15, 0.2) is 48.5 Å². The van der Waals surface area contributed by atoms with E-state index in [2.05, 4.69) is 38.2 Å². The number of ether oxygens (including phenoxy) is 1. The Morgan fingerprint density at radius 1 is 0.966 bits per heavy atom. The number of urea groups is 1. The van der Waals surface area contributed by atoms with Crippen molar-refractivity contribution >= 4 is 11.9 Å². The lowest BCUT2D eigenvalue weighted by Gasteiger charge is -2.20. The van der Waals surface area contributed by atoms with Crippen molar-refractivity contribution in [2.45, 2.75) is 58.0 Å². The van der Waals surface area contributed by atoms with Crippen molar-refractivity contribution in [1.29, 1.82) is 0 Å². The van der Waals surface area contributed by atoms with Gasteiger partial charge in [-0.1, -0.05) is 57.2 Å². The molecule has 1 aliphatic rings. The van der Waals surface area contributed by atoms with Gasteiger partial charge in [-0.2, -0.15) is 0 Å². The molecule has 2 aromatic carbocycles. The number of nitrogens with zero attached hydrogens (tertiary/aromatic N) is 1. The third kappa shape index (κ3) is 5.17. The minimum Gasteiger partial charge on any atom is -0.497 e. The lowest BCUT2D eigenvalue weighted by Crippen LogP contribution is -2.31. The van der Waals surface area contributed by atoms with Crippen molar-refractivity contribution < 1.29 is 14.3 Å². The Balaban J connectivity index is 1.53. The third-order valence-electron chi connectivity index (χ3n) is 5.38. The molecule has 0 aromatic heterocycles. The molecule has 1 atom stereocenters. The van der Waals surface area contributed by atoms with Gasteiger partial charge in [0.2, 0.25) is 0 Å². The lowest BCUT2D eigenvalue weighted by atomic mass is 9.87. The molecular weight excluding hydrogens is 364 g/mol. The van der Waals surface area contributed by atoms with Gasteiger partial charge in [-0.05, 0) is 53.5 Å². The minimum atomic E-state index is -0.436. The Hall–Kier alpha value is -2.82. The highest BCUT2D eigenvalue weighted by Gasteiger charge is 2.37. The second-order valence-electron chi connectivity index (χ2n) is 8.61. The molecule has 0 aliphatic carbocycles. The number of amides is 3. The maximum atomic E-state index is 12.7. The molecule has 29 heavy (non-hydrogen) atoms. The maximum absolute atomic E-state index is 12.7. The van der Waals surface area contributed by atoms with E-state index < -0.39 is 6.04 Å². The Bertz CT molecular complexity index is 851. The van der Waals surface area contributed by atoms with Gasteiger partial charge in [0.1, 0.15) is 11.8 Å². The van der Waals surface area contributed by atoms with E-state index in [0.717, 1.165) is 24.2 Å². The highest BCUT2D eigenvalue weighted by Crippen LogP contribution is 2.23. The lowest BCUT2D eigenvalue weighted by molar-refractivity contribution is -0.128. The quantitative estimate of drug-likeness (QED) is 0.707. The molecule has 3 rings (SSSR count). The van der Waals surface area contributed by atoms with Crippen molar-refractivity contribution in [3.8, 4) is 5.75 Å². The Morgan fingerprint density at radius 2 is 1.59 bits per heavy atom. The van der Waals surface area contributed by atoms with Crippen molar-refractivity contribution in [3.63, 3.8) is 0 Å². The molecule has 2 aromatic rings. The first kappa shape index (κ1) is 20.9. The molecule has 0 spiro atoms. The number of carbonyl (C=O) groups is 2. The summed E-state index contributed by atoms with van der Waals surface area (Å²) in [6.45, 7) is 6.80. The van der Waals surface area contributed by atoms with Gasteiger partial charge >= 0.3 is 6.03 Å². The predicted molar refractivity (Wildman–Crippen MR) is 114 cm³/mol. The van der Waals surface area contributed by atoms with Crippen molar-refractivity contribution in [2.75, 3.05) is 7.11 Å². The molecule has 1 unspecified atom stereocenters. The maximum Gasteiger partial charge on any atom is 0.325 e. The molecule has 0 saturated carbocycles. The molecule has 1 aliphatic heterocycles. The van der Waals surface area contributed by atoms with Crippen LogP contribution in [0.1, 0.15) is 50.3 Å². The number of benzene rings is 2. The van der Waals surface area contributed by atoms with Gasteiger partial charge in [0, 0.05) is 0 Å². The second-order valence-corrected chi connectivity index (χ2v) is 8.61. The molecule has 3 amide bonds. The van der Waals surface area contributed by atoms with E-state index in [1.165, 1.54) is 16.0 Å². The van der Waals surface area contributed by atoms with Gasteiger partial charge in [0.05, 0.1) is 13.7 Å². The van der Waals surface area contributed by atoms with E-state index in [9.17, 15) is 9.59 Å². The van der Waals surface area contributed by atoms with Crippen LogP contribution < -0.4 is 10.1 Å². The van der Waals surface area contributed by atoms with Gasteiger partial charge in [-0.15, -0.1) is 0 Å². The highest BCUT2D eigenvalue weighted by atomic mass is 16.5. The van der Waals surface area contributed by atoms with E-state index in [1.807, 2.05) is 36.4 Å².